The van der Waals surface area contributed by atoms with E-state index in [2.05, 4.69) is 26.2 Å². The number of hydrogen-bond donors (Lipinski definition) is 2. The summed E-state index contributed by atoms with van der Waals surface area (Å²) < 4.78 is 1.56. The molecular formula is C26H31N5O3. The molecule has 1 saturated carbocycles. The van der Waals surface area contributed by atoms with Crippen LogP contribution >= 0.6 is 0 Å². The molecule has 2 N–H and O–H groups in total. The van der Waals surface area contributed by atoms with E-state index in [-0.39, 0.29) is 17.2 Å². The number of carbonyl (C=O) groups excluding carboxylic acids is 1. The van der Waals surface area contributed by atoms with E-state index < -0.39 is 12.0 Å². The Bertz CT molecular complexity index is 1200. The minimum absolute atomic E-state index is 0.130. The molecule has 2 fully saturated rings. The molecule has 178 valence electrons. The molecular weight excluding hydrogens is 430 g/mol. The van der Waals surface area contributed by atoms with E-state index >= 15 is 0 Å². The minimum atomic E-state index is -0.559. The Labute approximate surface area is 198 Å². The number of aromatic nitrogens is 2. The highest BCUT2D eigenvalue weighted by Crippen LogP contribution is 2.20. The van der Waals surface area contributed by atoms with E-state index in [1.165, 1.54) is 0 Å². The molecule has 2 atom stereocenters. The third-order valence-corrected chi connectivity index (χ3v) is 7.02. The maximum absolute atomic E-state index is 13.2. The second-order valence-electron chi connectivity index (χ2n) is 9.25. The van der Waals surface area contributed by atoms with Gasteiger partial charge in [0.15, 0.2) is 0 Å². The van der Waals surface area contributed by atoms with E-state index in [0.29, 0.717) is 13.0 Å². The van der Waals surface area contributed by atoms with Gasteiger partial charge in [-0.3, -0.25) is 23.9 Å². The van der Waals surface area contributed by atoms with Gasteiger partial charge in [-0.05, 0) is 48.7 Å². The number of pyridine rings is 3. The maximum Gasteiger partial charge on any atom is 0.267 e. The van der Waals surface area contributed by atoms with Crippen LogP contribution in [0.2, 0.25) is 0 Å². The zero-order chi connectivity index (χ0) is 23.5. The van der Waals surface area contributed by atoms with Crippen LogP contribution in [0.15, 0.2) is 59.8 Å². The van der Waals surface area contributed by atoms with Crippen molar-refractivity contribution in [1.29, 1.82) is 0 Å². The predicted octanol–water partition coefficient (Wildman–Crippen LogP) is 2.05. The number of rotatable bonds is 5. The summed E-state index contributed by atoms with van der Waals surface area (Å²) >= 11 is 0. The van der Waals surface area contributed by atoms with Gasteiger partial charge >= 0.3 is 0 Å². The Balaban J connectivity index is 1.36. The maximum atomic E-state index is 13.2. The van der Waals surface area contributed by atoms with Gasteiger partial charge in [-0.25, -0.2) is 0 Å². The van der Waals surface area contributed by atoms with Gasteiger partial charge < -0.3 is 15.3 Å². The predicted molar refractivity (Wildman–Crippen MR) is 131 cm³/mol. The highest BCUT2D eigenvalue weighted by atomic mass is 16.3. The summed E-state index contributed by atoms with van der Waals surface area (Å²) in [5.41, 5.74) is 2.69. The topological polar surface area (TPSA) is 90.2 Å². The lowest BCUT2D eigenvalue weighted by Crippen LogP contribution is -2.47. The molecule has 0 bridgehead atoms. The van der Waals surface area contributed by atoms with Crippen LogP contribution in [0, 0.1) is 0 Å². The average molecular weight is 462 g/mol. The first-order valence-corrected chi connectivity index (χ1v) is 12.1. The average Bonchev–Trinajstić information content (AvgIpc) is 2.88. The van der Waals surface area contributed by atoms with Gasteiger partial charge in [0.25, 0.3) is 11.5 Å². The Morgan fingerprint density at radius 1 is 1.09 bits per heavy atom. The van der Waals surface area contributed by atoms with Crippen LogP contribution in [-0.2, 0) is 6.54 Å². The van der Waals surface area contributed by atoms with Crippen molar-refractivity contribution >= 4 is 17.1 Å². The fourth-order valence-corrected chi connectivity index (χ4v) is 5.08. The fraction of sp³-hybridized carbons (Fsp3) is 0.423. The lowest BCUT2D eigenvalue weighted by Gasteiger charge is -2.36. The zero-order valence-corrected chi connectivity index (χ0v) is 19.3. The summed E-state index contributed by atoms with van der Waals surface area (Å²) in [6.45, 7) is 4.19. The highest BCUT2D eigenvalue weighted by Gasteiger charge is 2.27. The van der Waals surface area contributed by atoms with Crippen LogP contribution in [-0.4, -0.2) is 63.6 Å². The summed E-state index contributed by atoms with van der Waals surface area (Å²) in [4.78, 5) is 35.2. The lowest BCUT2D eigenvalue weighted by atomic mass is 9.92. The Hall–Kier alpha value is -3.23. The normalized spacial score (nSPS) is 21.5. The van der Waals surface area contributed by atoms with Gasteiger partial charge in [-0.1, -0.05) is 18.9 Å². The number of anilines is 1. The number of aliphatic hydroxyl groups is 1. The number of hydrogen-bond acceptors (Lipinski definition) is 6. The number of aliphatic hydroxyl groups excluding tert-OH is 1. The molecule has 1 aliphatic heterocycles. The van der Waals surface area contributed by atoms with Crippen LogP contribution in [0.4, 0.5) is 5.69 Å². The van der Waals surface area contributed by atoms with Gasteiger partial charge in [0.2, 0.25) is 0 Å². The van der Waals surface area contributed by atoms with Gasteiger partial charge in [-0.2, -0.15) is 0 Å². The van der Waals surface area contributed by atoms with Gasteiger partial charge in [0, 0.05) is 45.1 Å². The van der Waals surface area contributed by atoms with Crippen molar-refractivity contribution in [3.05, 3.63) is 76.5 Å². The number of nitrogens with one attached hydrogen (secondary N) is 1. The molecule has 1 aliphatic carbocycles. The quantitative estimate of drug-likeness (QED) is 0.605. The molecule has 34 heavy (non-hydrogen) atoms. The molecule has 0 aromatic carbocycles. The second kappa shape index (κ2) is 9.95. The monoisotopic (exact) mass is 461 g/mol. The smallest absolute Gasteiger partial charge is 0.267 e. The van der Waals surface area contributed by atoms with Gasteiger partial charge in [-0.15, -0.1) is 0 Å². The Morgan fingerprint density at radius 2 is 1.91 bits per heavy atom. The van der Waals surface area contributed by atoms with Crippen molar-refractivity contribution in [1.82, 2.24) is 19.6 Å². The largest absolute Gasteiger partial charge is 0.391 e. The molecule has 4 heterocycles. The van der Waals surface area contributed by atoms with Crippen molar-refractivity contribution in [2.24, 2.45) is 0 Å². The van der Waals surface area contributed by atoms with E-state index in [9.17, 15) is 14.7 Å². The first-order valence-electron chi connectivity index (χ1n) is 12.1. The number of piperazine rings is 1. The summed E-state index contributed by atoms with van der Waals surface area (Å²) in [6, 6.07) is 11.1. The molecule has 2 aliphatic rings. The minimum Gasteiger partial charge on any atom is -0.391 e. The number of amides is 1. The van der Waals surface area contributed by atoms with Crippen LogP contribution < -0.4 is 15.8 Å². The molecule has 8 nitrogen and oxygen atoms in total. The van der Waals surface area contributed by atoms with Crippen LogP contribution in [0.5, 0.6) is 0 Å². The summed E-state index contributed by atoms with van der Waals surface area (Å²) in [5, 5.41) is 13.2. The van der Waals surface area contributed by atoms with Crippen molar-refractivity contribution < 1.29 is 9.90 Å². The third kappa shape index (κ3) is 4.69. The molecule has 3 aromatic heterocycles. The number of nitrogens with zero attached hydrogens (tertiary/aromatic N) is 4. The molecule has 1 amide bonds. The molecule has 1 saturated heterocycles. The lowest BCUT2D eigenvalue weighted by molar-refractivity contribution is 0.0716. The molecule has 3 aromatic rings. The molecule has 0 radical (unpaired) electrons. The second-order valence-corrected chi connectivity index (χ2v) is 9.25. The molecule has 5 rings (SSSR count). The zero-order valence-electron chi connectivity index (χ0n) is 19.3. The third-order valence-electron chi connectivity index (χ3n) is 7.02. The number of fused-ring (bicyclic) bond motifs is 1. The fourth-order valence-electron chi connectivity index (χ4n) is 5.08. The van der Waals surface area contributed by atoms with Crippen LogP contribution in [0.25, 0.3) is 5.52 Å². The van der Waals surface area contributed by atoms with Crippen LogP contribution in [0.3, 0.4) is 0 Å². The first-order chi connectivity index (χ1) is 16.6. The summed E-state index contributed by atoms with van der Waals surface area (Å²) in [6.07, 6.45) is 8.17. The van der Waals surface area contributed by atoms with E-state index in [4.69, 9.17) is 0 Å². The highest BCUT2D eigenvalue weighted by molar-refractivity contribution is 5.94. The Kier molecular flexibility index (Phi) is 6.60. The van der Waals surface area contributed by atoms with Crippen molar-refractivity contribution in [2.75, 3.05) is 31.1 Å². The standard InChI is InChI=1S/C26H31N5O3/c32-24-9-2-1-7-22(24)28-25(33)21-16-19(23-8-3-4-11-31(23)26(21)34)18-29-12-14-30(15-13-29)20-6-5-10-27-17-20/h3-6,8,10-11,16-17,22,24,32H,1-2,7,9,12-15,18H2,(H,28,33)/t22-,24-/m0/s1. The van der Waals surface area contributed by atoms with E-state index in [1.54, 1.807) is 28.9 Å². The van der Waals surface area contributed by atoms with Crippen LogP contribution in [0.1, 0.15) is 41.6 Å². The number of carbonyl (C=O) groups is 1. The summed E-state index contributed by atoms with van der Waals surface area (Å²) in [7, 11) is 0. The van der Waals surface area contributed by atoms with Crippen molar-refractivity contribution in [3.8, 4) is 0 Å². The first kappa shape index (κ1) is 22.6. The Morgan fingerprint density at radius 3 is 2.68 bits per heavy atom. The summed E-state index contributed by atoms with van der Waals surface area (Å²) in [5.74, 6) is -0.406. The van der Waals surface area contributed by atoms with Gasteiger partial charge in [0.05, 0.1) is 29.5 Å². The van der Waals surface area contributed by atoms with E-state index in [0.717, 1.165) is 62.2 Å². The van der Waals surface area contributed by atoms with Crippen molar-refractivity contribution in [3.63, 3.8) is 0 Å². The molecule has 0 unspecified atom stereocenters. The molecule has 8 heteroatoms. The molecule has 0 spiro atoms. The SMILES string of the molecule is O=C(N[C@H]1CCCC[C@@H]1O)c1cc(CN2CCN(c3cccnc3)CC2)c2ccccn2c1=O. The van der Waals surface area contributed by atoms with E-state index in [1.807, 2.05) is 24.4 Å². The van der Waals surface area contributed by atoms with Crippen molar-refractivity contribution in [2.45, 2.75) is 44.4 Å². The van der Waals surface area contributed by atoms with Gasteiger partial charge in [0.1, 0.15) is 5.56 Å².